The maximum absolute atomic E-state index is 14.7. The van der Waals surface area contributed by atoms with Crippen molar-refractivity contribution < 1.29 is 13.5 Å². The Labute approximate surface area is 362 Å². The van der Waals surface area contributed by atoms with Crippen LogP contribution in [0.25, 0.3) is 67.1 Å². The molecule has 1 saturated carbocycles. The molecule has 3 aliphatic rings. The van der Waals surface area contributed by atoms with Crippen LogP contribution in [0.3, 0.4) is 0 Å². The number of hydrogen-bond donors (Lipinski definition) is 1. The second-order valence-electron chi connectivity index (χ2n) is 15.4. The van der Waals surface area contributed by atoms with Crippen LogP contribution in [-0.2, 0) is 4.74 Å². The third-order valence-corrected chi connectivity index (χ3v) is 12.5. The van der Waals surface area contributed by atoms with Crippen LogP contribution in [0.4, 0.5) is 14.5 Å². The molecule has 3 fully saturated rings. The van der Waals surface area contributed by atoms with Crippen LogP contribution >= 0.6 is 39.1 Å². The van der Waals surface area contributed by atoms with E-state index in [1.807, 2.05) is 42.7 Å². The molecule has 2 saturated heterocycles. The molecule has 8 heterocycles. The molecule has 2 aromatic carbocycles. The maximum atomic E-state index is 14.7. The molecule has 60 heavy (non-hydrogen) atoms. The number of aromatic nitrogens is 8. The highest BCUT2D eigenvalue weighted by Gasteiger charge is 2.39. The van der Waals surface area contributed by atoms with Crippen molar-refractivity contribution in [3.05, 3.63) is 124 Å². The van der Waals surface area contributed by atoms with Gasteiger partial charge in [0.2, 0.25) is 0 Å². The van der Waals surface area contributed by atoms with E-state index in [4.69, 9.17) is 43.0 Å². The molecule has 0 radical (unpaired) electrons. The lowest BCUT2D eigenvalue weighted by atomic mass is 9.77. The van der Waals surface area contributed by atoms with E-state index in [0.29, 0.717) is 56.1 Å². The van der Waals surface area contributed by atoms with Gasteiger partial charge in [0.1, 0.15) is 23.6 Å². The molecular weight excluding hydrogens is 871 g/mol. The Bertz CT molecular complexity index is 2890. The first-order valence-corrected chi connectivity index (χ1v) is 21.4. The first-order valence-electron chi connectivity index (χ1n) is 19.8. The van der Waals surface area contributed by atoms with Crippen LogP contribution in [-0.4, -0.2) is 59.6 Å². The molecule has 3 unspecified atom stereocenters. The predicted molar refractivity (Wildman–Crippen MR) is 234 cm³/mol. The molecule has 0 bridgehead atoms. The van der Waals surface area contributed by atoms with E-state index in [1.54, 1.807) is 29.2 Å². The highest BCUT2D eigenvalue weighted by Crippen LogP contribution is 2.42. The summed E-state index contributed by atoms with van der Waals surface area (Å²) >= 11 is 15.7. The van der Waals surface area contributed by atoms with E-state index in [2.05, 4.69) is 47.1 Å². The van der Waals surface area contributed by atoms with Gasteiger partial charge in [0, 0.05) is 68.9 Å². The van der Waals surface area contributed by atoms with Crippen molar-refractivity contribution in [3.8, 4) is 45.0 Å². The van der Waals surface area contributed by atoms with E-state index in [-0.39, 0.29) is 17.9 Å². The summed E-state index contributed by atoms with van der Waals surface area (Å²) in [5.74, 6) is 0.918. The zero-order chi connectivity index (χ0) is 40.9. The fourth-order valence-electron chi connectivity index (χ4n) is 8.33. The number of aromatic amines is 1. The molecule has 2 aliphatic heterocycles. The number of fused-ring (bicyclic) bond motifs is 3. The fourth-order valence-corrected chi connectivity index (χ4v) is 9.00. The molecule has 1 aliphatic carbocycles. The van der Waals surface area contributed by atoms with Crippen LogP contribution < -0.4 is 4.90 Å². The molecule has 0 spiro atoms. The molecule has 3 atom stereocenters. The molecule has 6 aromatic heterocycles. The van der Waals surface area contributed by atoms with E-state index < -0.39 is 0 Å². The van der Waals surface area contributed by atoms with Crippen LogP contribution in [0.15, 0.2) is 102 Å². The SMILES string of the molecule is Fc1ccc(Cl)cc1-c1[nH]ncc1-c1ccc2ncc(N3CC4CCC4C3)cc2n1.Fc1ccc(Cl)cc1-c1nn(C2CCCCO2)cc1-c1ccc2ncc(Br)cc2n1. The molecule has 11 rings (SSSR count). The van der Waals surface area contributed by atoms with Gasteiger partial charge < -0.3 is 9.64 Å². The van der Waals surface area contributed by atoms with Crippen molar-refractivity contribution in [1.29, 1.82) is 0 Å². The molecule has 15 heteroatoms. The monoisotopic (exact) mass is 905 g/mol. The smallest absolute Gasteiger partial charge is 0.150 e. The van der Waals surface area contributed by atoms with Gasteiger partial charge in [-0.15, -0.1) is 0 Å². The Kier molecular flexibility index (Phi) is 10.5. The summed E-state index contributed by atoms with van der Waals surface area (Å²) in [6.07, 6.45) is 12.7. The largest absolute Gasteiger partial charge is 0.370 e. The third kappa shape index (κ3) is 7.64. The van der Waals surface area contributed by atoms with Crippen LogP contribution in [0.5, 0.6) is 0 Å². The highest BCUT2D eigenvalue weighted by molar-refractivity contribution is 9.10. The fraction of sp³-hybridized carbons (Fsp3) is 0.244. The van der Waals surface area contributed by atoms with Gasteiger partial charge in [0.25, 0.3) is 0 Å². The molecule has 1 N–H and O–H groups in total. The minimum Gasteiger partial charge on any atom is -0.370 e. The summed E-state index contributed by atoms with van der Waals surface area (Å²) in [5, 5.41) is 12.6. The Morgan fingerprint density at radius 3 is 2.05 bits per heavy atom. The predicted octanol–water partition coefficient (Wildman–Crippen LogP) is 11.7. The van der Waals surface area contributed by atoms with Gasteiger partial charge in [-0.1, -0.05) is 23.2 Å². The van der Waals surface area contributed by atoms with Gasteiger partial charge in [0.05, 0.1) is 57.2 Å². The summed E-state index contributed by atoms with van der Waals surface area (Å²) in [4.78, 5) is 21.0. The third-order valence-electron chi connectivity index (χ3n) is 11.6. The quantitative estimate of drug-likeness (QED) is 0.176. The minimum atomic E-state index is -0.388. The zero-order valence-electron chi connectivity index (χ0n) is 32.0. The van der Waals surface area contributed by atoms with Gasteiger partial charge in [-0.25, -0.2) is 23.4 Å². The average molecular weight is 908 g/mol. The van der Waals surface area contributed by atoms with Crippen molar-refractivity contribution in [2.24, 2.45) is 11.8 Å². The summed E-state index contributed by atoms with van der Waals surface area (Å²) in [7, 11) is 0. The van der Waals surface area contributed by atoms with Crippen LogP contribution in [0.1, 0.15) is 38.3 Å². The highest BCUT2D eigenvalue weighted by atomic mass is 79.9. The number of anilines is 1. The van der Waals surface area contributed by atoms with Crippen molar-refractivity contribution in [2.75, 3.05) is 24.6 Å². The van der Waals surface area contributed by atoms with E-state index in [0.717, 1.165) is 82.0 Å². The molecule has 0 amide bonds. The van der Waals surface area contributed by atoms with Gasteiger partial charge in [-0.05, 0) is 133 Å². The van der Waals surface area contributed by atoms with Crippen LogP contribution in [0, 0.1) is 23.5 Å². The Balaban J connectivity index is 0.000000144. The number of halogens is 5. The van der Waals surface area contributed by atoms with Gasteiger partial charge >= 0.3 is 0 Å². The molecule has 10 nitrogen and oxygen atoms in total. The normalized spacial score (nSPS) is 18.6. The maximum Gasteiger partial charge on any atom is 0.150 e. The first kappa shape index (κ1) is 38.8. The molecular formula is C45H36BrCl2F2N9O. The number of nitrogens with one attached hydrogen (secondary N) is 1. The van der Waals surface area contributed by atoms with E-state index in [9.17, 15) is 8.78 Å². The first-order chi connectivity index (χ1) is 29.2. The summed E-state index contributed by atoms with van der Waals surface area (Å²) in [5.41, 5.74) is 8.88. The number of hydrogen-bond acceptors (Lipinski definition) is 8. The lowest BCUT2D eigenvalue weighted by molar-refractivity contribution is -0.0393. The second kappa shape index (κ2) is 16.3. The number of benzene rings is 2. The zero-order valence-corrected chi connectivity index (χ0v) is 35.1. The van der Waals surface area contributed by atoms with Gasteiger partial charge in [0.15, 0.2) is 0 Å². The van der Waals surface area contributed by atoms with E-state index in [1.165, 1.54) is 37.1 Å². The summed E-state index contributed by atoms with van der Waals surface area (Å²) < 4.78 is 37.7. The van der Waals surface area contributed by atoms with Crippen molar-refractivity contribution in [1.82, 2.24) is 39.9 Å². The number of rotatable bonds is 6. The summed E-state index contributed by atoms with van der Waals surface area (Å²) in [6.45, 7) is 2.91. The second-order valence-corrected chi connectivity index (χ2v) is 17.2. The van der Waals surface area contributed by atoms with Crippen molar-refractivity contribution in [2.45, 2.75) is 38.3 Å². The number of ether oxygens (including phenoxy) is 1. The number of pyridine rings is 4. The minimum absolute atomic E-state index is 0.176. The average Bonchev–Trinajstić information content (AvgIpc) is 4.00. The van der Waals surface area contributed by atoms with Gasteiger partial charge in [-0.2, -0.15) is 10.2 Å². The lowest BCUT2D eigenvalue weighted by Gasteiger charge is -2.27. The standard InChI is InChI=1S/C23H19ClFN5.C22H17BrClFN4O/c24-15-3-4-19(25)17(7-15)23-18(10-27-29-23)20-5-6-21-22(28-20)8-16(9-26-21)30-11-13-1-2-14(13)12-30;23-13-9-20-19(26-11-13)7-6-18(27-20)16-12-29(21-3-1-2-8-30-21)28-22(16)15-10-14(24)4-5-17(15)25/h3-10,13-14H,1-2,11-12H2,(H,27,29);4-7,9-12,21H,1-3,8H2. The van der Waals surface area contributed by atoms with Crippen molar-refractivity contribution in [3.63, 3.8) is 0 Å². The Morgan fingerprint density at radius 2 is 1.35 bits per heavy atom. The Hall–Kier alpha value is -5.34. The molecule has 8 aromatic rings. The lowest BCUT2D eigenvalue weighted by Crippen LogP contribution is -2.22. The van der Waals surface area contributed by atoms with Crippen LogP contribution in [0.2, 0.25) is 10.0 Å². The van der Waals surface area contributed by atoms with Crippen molar-refractivity contribution >= 4 is 66.9 Å². The van der Waals surface area contributed by atoms with Gasteiger partial charge in [-0.3, -0.25) is 15.1 Å². The summed E-state index contributed by atoms with van der Waals surface area (Å²) in [6, 6.07) is 20.6. The number of nitrogens with zero attached hydrogens (tertiary/aromatic N) is 8. The Morgan fingerprint density at radius 1 is 0.683 bits per heavy atom. The molecule has 302 valence electrons. The number of H-pyrrole nitrogens is 1. The van der Waals surface area contributed by atoms with E-state index >= 15 is 0 Å². The topological polar surface area (TPSA) is 111 Å².